The molecule has 0 aliphatic carbocycles. The Morgan fingerprint density at radius 3 is 2.57 bits per heavy atom. The van der Waals surface area contributed by atoms with E-state index in [9.17, 15) is 4.79 Å². The van der Waals surface area contributed by atoms with Crippen LogP contribution in [0.3, 0.4) is 0 Å². The van der Waals surface area contributed by atoms with Crippen LogP contribution >= 0.6 is 22.6 Å². The average molecular weight is 478 g/mol. The first kappa shape index (κ1) is 18.6. The first-order chi connectivity index (χ1) is 13.6. The molecule has 0 fully saturated rings. The summed E-state index contributed by atoms with van der Waals surface area (Å²) in [5.74, 6) is 0.657. The van der Waals surface area contributed by atoms with E-state index in [-0.39, 0.29) is 5.56 Å². The zero-order valence-electron chi connectivity index (χ0n) is 15.5. The molecule has 28 heavy (non-hydrogen) atoms. The van der Waals surface area contributed by atoms with Gasteiger partial charge >= 0.3 is 0 Å². The van der Waals surface area contributed by atoms with Gasteiger partial charge in [-0.2, -0.15) is 0 Å². The SMILES string of the molecule is Cc1cccc(/C=C/c2nc3ccc(I)cc3c(=O)n2Cc2ccccc2)c1. The van der Waals surface area contributed by atoms with Crippen molar-refractivity contribution in [2.75, 3.05) is 0 Å². The molecule has 1 heterocycles. The second-order valence-corrected chi connectivity index (χ2v) is 8.00. The predicted octanol–water partition coefficient (Wildman–Crippen LogP) is 5.53. The third-order valence-corrected chi connectivity index (χ3v) is 5.27. The summed E-state index contributed by atoms with van der Waals surface area (Å²) >= 11 is 2.23. The fraction of sp³-hybridized carbons (Fsp3) is 0.0833. The van der Waals surface area contributed by atoms with E-state index >= 15 is 0 Å². The normalized spacial score (nSPS) is 11.4. The van der Waals surface area contributed by atoms with Crippen LogP contribution in [0.2, 0.25) is 0 Å². The summed E-state index contributed by atoms with van der Waals surface area (Å²) in [5.41, 5.74) is 4.06. The minimum atomic E-state index is -0.0174. The Hall–Kier alpha value is -2.73. The van der Waals surface area contributed by atoms with Gasteiger partial charge in [-0.3, -0.25) is 9.36 Å². The van der Waals surface area contributed by atoms with Gasteiger partial charge < -0.3 is 0 Å². The molecule has 0 bridgehead atoms. The third kappa shape index (κ3) is 4.07. The van der Waals surface area contributed by atoms with Crippen molar-refractivity contribution in [1.29, 1.82) is 0 Å². The highest BCUT2D eigenvalue weighted by Crippen LogP contribution is 2.16. The molecule has 0 spiro atoms. The monoisotopic (exact) mass is 478 g/mol. The molecule has 3 aromatic carbocycles. The Morgan fingerprint density at radius 2 is 1.79 bits per heavy atom. The molecular formula is C24H19IN2O. The Bertz CT molecular complexity index is 1230. The van der Waals surface area contributed by atoms with Gasteiger partial charge in [-0.1, -0.05) is 66.2 Å². The van der Waals surface area contributed by atoms with Gasteiger partial charge in [-0.15, -0.1) is 0 Å². The van der Waals surface area contributed by atoms with Crippen LogP contribution in [0.4, 0.5) is 0 Å². The summed E-state index contributed by atoms with van der Waals surface area (Å²) in [6.07, 6.45) is 3.94. The number of hydrogen-bond acceptors (Lipinski definition) is 2. The second-order valence-electron chi connectivity index (χ2n) is 6.76. The van der Waals surface area contributed by atoms with Crippen LogP contribution in [0.1, 0.15) is 22.5 Å². The largest absolute Gasteiger partial charge is 0.288 e. The fourth-order valence-corrected chi connectivity index (χ4v) is 3.69. The second kappa shape index (κ2) is 8.10. The molecule has 0 radical (unpaired) electrons. The van der Waals surface area contributed by atoms with Crippen LogP contribution < -0.4 is 5.56 Å². The van der Waals surface area contributed by atoms with Crippen LogP contribution in [-0.2, 0) is 6.54 Å². The first-order valence-electron chi connectivity index (χ1n) is 9.09. The van der Waals surface area contributed by atoms with Gasteiger partial charge in [-0.25, -0.2) is 4.98 Å². The number of nitrogens with zero attached hydrogens (tertiary/aromatic N) is 2. The predicted molar refractivity (Wildman–Crippen MR) is 124 cm³/mol. The number of fused-ring (bicyclic) bond motifs is 1. The highest BCUT2D eigenvalue weighted by atomic mass is 127. The van der Waals surface area contributed by atoms with E-state index in [4.69, 9.17) is 4.98 Å². The van der Waals surface area contributed by atoms with Crippen molar-refractivity contribution in [1.82, 2.24) is 9.55 Å². The summed E-state index contributed by atoms with van der Waals surface area (Å²) in [4.78, 5) is 18.0. The van der Waals surface area contributed by atoms with Crippen molar-refractivity contribution in [2.24, 2.45) is 0 Å². The van der Waals surface area contributed by atoms with E-state index in [1.54, 1.807) is 4.57 Å². The van der Waals surface area contributed by atoms with E-state index < -0.39 is 0 Å². The van der Waals surface area contributed by atoms with E-state index in [0.717, 1.165) is 20.2 Å². The topological polar surface area (TPSA) is 34.9 Å². The molecule has 3 nitrogen and oxygen atoms in total. The minimum Gasteiger partial charge on any atom is -0.288 e. The molecule has 0 aliphatic heterocycles. The maximum Gasteiger partial charge on any atom is 0.261 e. The van der Waals surface area contributed by atoms with E-state index in [1.165, 1.54) is 5.56 Å². The van der Waals surface area contributed by atoms with Gasteiger partial charge in [0.25, 0.3) is 5.56 Å². The molecule has 4 aromatic rings. The summed E-state index contributed by atoms with van der Waals surface area (Å²) in [6.45, 7) is 2.56. The van der Waals surface area contributed by atoms with E-state index in [0.29, 0.717) is 17.8 Å². The lowest BCUT2D eigenvalue weighted by Crippen LogP contribution is -2.24. The number of hydrogen-bond donors (Lipinski definition) is 0. The van der Waals surface area contributed by atoms with Crippen LogP contribution in [0.25, 0.3) is 23.1 Å². The Morgan fingerprint density at radius 1 is 0.964 bits per heavy atom. The molecule has 138 valence electrons. The molecule has 4 rings (SSSR count). The van der Waals surface area contributed by atoms with Crippen molar-refractivity contribution >= 4 is 45.6 Å². The highest BCUT2D eigenvalue weighted by Gasteiger charge is 2.10. The molecule has 0 saturated heterocycles. The Balaban J connectivity index is 1.86. The number of halogens is 1. The zero-order chi connectivity index (χ0) is 19.5. The smallest absolute Gasteiger partial charge is 0.261 e. The number of rotatable bonds is 4. The standard InChI is InChI=1S/C24H19IN2O/c1-17-6-5-9-18(14-17)10-13-23-26-22-12-11-20(25)15-21(22)24(28)27(23)16-19-7-3-2-4-8-19/h2-15H,16H2,1H3/b13-10+. The van der Waals surface area contributed by atoms with Crippen LogP contribution in [0.15, 0.2) is 77.6 Å². The first-order valence-corrected chi connectivity index (χ1v) is 10.2. The van der Waals surface area contributed by atoms with Crippen LogP contribution in [0.5, 0.6) is 0 Å². The summed E-state index contributed by atoms with van der Waals surface area (Å²) in [7, 11) is 0. The number of benzene rings is 3. The third-order valence-electron chi connectivity index (χ3n) is 4.60. The lowest BCUT2D eigenvalue weighted by molar-refractivity contribution is 0.738. The van der Waals surface area contributed by atoms with E-state index in [1.807, 2.05) is 72.8 Å². The lowest BCUT2D eigenvalue weighted by atomic mass is 10.1. The van der Waals surface area contributed by atoms with Crippen molar-refractivity contribution in [2.45, 2.75) is 13.5 Å². The summed E-state index contributed by atoms with van der Waals surface area (Å²) < 4.78 is 2.78. The van der Waals surface area contributed by atoms with Crippen molar-refractivity contribution in [3.63, 3.8) is 0 Å². The Labute approximate surface area is 177 Å². The molecule has 0 saturated carbocycles. The number of aryl methyl sites for hydroxylation is 1. The van der Waals surface area contributed by atoms with Gasteiger partial charge in [0.05, 0.1) is 17.4 Å². The van der Waals surface area contributed by atoms with Gasteiger partial charge in [0, 0.05) is 3.57 Å². The summed E-state index contributed by atoms with van der Waals surface area (Å²) in [6, 6.07) is 24.1. The molecule has 0 aliphatic rings. The number of aromatic nitrogens is 2. The molecular weight excluding hydrogens is 459 g/mol. The average Bonchev–Trinajstić information content (AvgIpc) is 2.70. The molecule has 4 heteroatoms. The lowest BCUT2D eigenvalue weighted by Gasteiger charge is -2.12. The van der Waals surface area contributed by atoms with Crippen molar-refractivity contribution < 1.29 is 0 Å². The summed E-state index contributed by atoms with van der Waals surface area (Å²) in [5, 5.41) is 0.649. The fourth-order valence-electron chi connectivity index (χ4n) is 3.20. The molecule has 0 unspecified atom stereocenters. The van der Waals surface area contributed by atoms with Crippen molar-refractivity contribution in [3.05, 3.63) is 109 Å². The van der Waals surface area contributed by atoms with Gasteiger partial charge in [0.1, 0.15) is 5.82 Å². The van der Waals surface area contributed by atoms with Crippen LogP contribution in [-0.4, -0.2) is 9.55 Å². The quantitative estimate of drug-likeness (QED) is 0.362. The van der Waals surface area contributed by atoms with Gasteiger partial charge in [-0.05, 0) is 64.9 Å². The molecule has 0 N–H and O–H groups in total. The zero-order valence-corrected chi connectivity index (χ0v) is 17.6. The highest BCUT2D eigenvalue weighted by molar-refractivity contribution is 14.1. The van der Waals surface area contributed by atoms with Crippen molar-refractivity contribution in [3.8, 4) is 0 Å². The molecule has 1 aromatic heterocycles. The minimum absolute atomic E-state index is 0.0174. The maximum atomic E-state index is 13.3. The van der Waals surface area contributed by atoms with E-state index in [2.05, 4.69) is 41.6 Å². The molecule has 0 amide bonds. The Kier molecular flexibility index (Phi) is 5.39. The van der Waals surface area contributed by atoms with Crippen LogP contribution in [0, 0.1) is 10.5 Å². The maximum absolute atomic E-state index is 13.3. The van der Waals surface area contributed by atoms with Gasteiger partial charge in [0.15, 0.2) is 0 Å². The molecule has 0 atom stereocenters. The van der Waals surface area contributed by atoms with Gasteiger partial charge in [0.2, 0.25) is 0 Å².